The average Bonchev–Trinajstić information content (AvgIpc) is 3.12. The monoisotopic (exact) mass is 351 g/mol. The highest BCUT2D eigenvalue weighted by Crippen LogP contribution is 2.21. The fourth-order valence-corrected chi connectivity index (χ4v) is 3.03. The lowest BCUT2D eigenvalue weighted by atomic mass is 9.99. The molecule has 2 unspecified atom stereocenters. The number of hydrogen-bond acceptors (Lipinski definition) is 6. The quantitative estimate of drug-likeness (QED) is 0.719. The number of nitrogens with zero attached hydrogens (tertiary/aromatic N) is 2. The molecule has 0 bridgehead atoms. The summed E-state index contributed by atoms with van der Waals surface area (Å²) in [6.07, 6.45) is -0.346. The molecule has 2 aliphatic rings. The minimum Gasteiger partial charge on any atom is -0.450 e. The van der Waals surface area contributed by atoms with Crippen LogP contribution in [0.2, 0.25) is 0 Å². The first-order chi connectivity index (χ1) is 12.1. The number of carbonyl (C=O) groups excluding carboxylic acids is 2. The summed E-state index contributed by atoms with van der Waals surface area (Å²) in [6.45, 7) is 3.89. The summed E-state index contributed by atoms with van der Waals surface area (Å²) in [5.74, 6) is -0.393. The molecule has 25 heavy (non-hydrogen) atoms. The van der Waals surface area contributed by atoms with Crippen molar-refractivity contribution in [2.75, 3.05) is 32.8 Å². The van der Waals surface area contributed by atoms with E-state index in [0.717, 1.165) is 5.56 Å². The van der Waals surface area contributed by atoms with E-state index >= 15 is 0 Å². The van der Waals surface area contributed by atoms with Gasteiger partial charge in [0.05, 0.1) is 12.6 Å². The van der Waals surface area contributed by atoms with Crippen LogP contribution in [-0.2, 0) is 9.53 Å². The minimum atomic E-state index is -0.514. The van der Waals surface area contributed by atoms with Gasteiger partial charge in [0.15, 0.2) is 0 Å². The summed E-state index contributed by atoms with van der Waals surface area (Å²) in [5, 5.41) is 0. The zero-order chi connectivity index (χ0) is 17.8. The molecule has 0 saturated carbocycles. The molecule has 0 spiro atoms. The third kappa shape index (κ3) is 3.89. The summed E-state index contributed by atoms with van der Waals surface area (Å²) in [5.41, 5.74) is 9.49. The summed E-state index contributed by atoms with van der Waals surface area (Å²) in [7, 11) is 0. The molecular weight excluding hydrogens is 329 g/mol. The molecule has 1 aromatic carbocycles. The van der Waals surface area contributed by atoms with Crippen molar-refractivity contribution >= 4 is 12.0 Å². The van der Waals surface area contributed by atoms with Gasteiger partial charge in [-0.2, -0.15) is 5.53 Å². The van der Waals surface area contributed by atoms with Crippen molar-refractivity contribution in [1.29, 1.82) is 0 Å². The largest absolute Gasteiger partial charge is 0.450 e. The van der Waals surface area contributed by atoms with Crippen LogP contribution in [-0.4, -0.2) is 60.6 Å². The maximum atomic E-state index is 13.1. The smallest absolute Gasteiger partial charge is 0.409 e. The summed E-state index contributed by atoms with van der Waals surface area (Å²) in [4.78, 5) is 27.9. The van der Waals surface area contributed by atoms with Crippen molar-refractivity contribution in [3.63, 3.8) is 0 Å². The second-order valence-corrected chi connectivity index (χ2v) is 5.93. The molecule has 9 heteroatoms. The van der Waals surface area contributed by atoms with Crippen LogP contribution in [0.1, 0.15) is 18.5 Å². The van der Waals surface area contributed by atoms with Crippen LogP contribution >= 0.6 is 0 Å². The second-order valence-electron chi connectivity index (χ2n) is 5.93. The Bertz CT molecular complexity index is 619. The number of hydrazine groups is 2. The molecule has 3 N–H and O–H groups in total. The number of rotatable bonds is 3. The van der Waals surface area contributed by atoms with Gasteiger partial charge in [-0.05, 0) is 24.6 Å². The van der Waals surface area contributed by atoms with E-state index in [2.05, 4.69) is 16.4 Å². The van der Waals surface area contributed by atoms with E-state index in [1.165, 1.54) is 12.1 Å². The summed E-state index contributed by atoms with van der Waals surface area (Å²) in [6, 6.07) is 5.22. The Hall–Kier alpha value is -2.23. The van der Waals surface area contributed by atoms with E-state index in [9.17, 15) is 14.0 Å². The Morgan fingerprint density at radius 1 is 1.12 bits per heavy atom. The maximum absolute atomic E-state index is 13.1. The van der Waals surface area contributed by atoms with Gasteiger partial charge < -0.3 is 14.5 Å². The van der Waals surface area contributed by atoms with Crippen LogP contribution in [0, 0.1) is 5.82 Å². The van der Waals surface area contributed by atoms with Crippen molar-refractivity contribution in [3.05, 3.63) is 35.6 Å². The van der Waals surface area contributed by atoms with Crippen LogP contribution < -0.4 is 16.4 Å². The molecule has 2 heterocycles. The number of ether oxygens (including phenoxy) is 1. The van der Waals surface area contributed by atoms with E-state index in [0.29, 0.717) is 32.8 Å². The molecule has 2 aliphatic heterocycles. The molecule has 2 fully saturated rings. The van der Waals surface area contributed by atoms with Crippen molar-refractivity contribution in [2.24, 2.45) is 0 Å². The molecule has 3 rings (SSSR count). The molecule has 0 aromatic heterocycles. The van der Waals surface area contributed by atoms with E-state index in [1.54, 1.807) is 28.9 Å². The topological polar surface area (TPSA) is 85.9 Å². The van der Waals surface area contributed by atoms with Crippen molar-refractivity contribution in [3.8, 4) is 0 Å². The Kier molecular flexibility index (Phi) is 5.47. The van der Waals surface area contributed by atoms with Crippen LogP contribution in [0.4, 0.5) is 9.18 Å². The number of piperazine rings is 1. The first kappa shape index (κ1) is 17.6. The SMILES string of the molecule is CCOC(=O)N1CCN(C(=O)C2NNNC2c2ccc(F)cc2)CC1. The lowest BCUT2D eigenvalue weighted by molar-refractivity contribution is -0.135. The summed E-state index contributed by atoms with van der Waals surface area (Å²) < 4.78 is 18.1. The van der Waals surface area contributed by atoms with Crippen LogP contribution in [0.5, 0.6) is 0 Å². The zero-order valence-corrected chi connectivity index (χ0v) is 14.0. The van der Waals surface area contributed by atoms with Gasteiger partial charge in [0.2, 0.25) is 5.91 Å². The van der Waals surface area contributed by atoms with E-state index in [-0.39, 0.29) is 23.9 Å². The van der Waals surface area contributed by atoms with Crippen LogP contribution in [0.25, 0.3) is 0 Å². The highest BCUT2D eigenvalue weighted by molar-refractivity contribution is 5.83. The molecule has 2 saturated heterocycles. The van der Waals surface area contributed by atoms with Gasteiger partial charge in [-0.15, -0.1) is 0 Å². The fraction of sp³-hybridized carbons (Fsp3) is 0.500. The fourth-order valence-electron chi connectivity index (χ4n) is 3.03. The third-order valence-corrected chi connectivity index (χ3v) is 4.40. The Morgan fingerprint density at radius 2 is 1.76 bits per heavy atom. The predicted molar refractivity (Wildman–Crippen MR) is 87.5 cm³/mol. The molecular formula is C16H22FN5O3. The lowest BCUT2D eigenvalue weighted by Crippen LogP contribution is -2.55. The van der Waals surface area contributed by atoms with Gasteiger partial charge in [-0.1, -0.05) is 12.1 Å². The third-order valence-electron chi connectivity index (χ3n) is 4.40. The molecule has 2 atom stereocenters. The maximum Gasteiger partial charge on any atom is 0.409 e. The van der Waals surface area contributed by atoms with Gasteiger partial charge in [0.1, 0.15) is 11.9 Å². The number of halogens is 1. The number of nitrogens with one attached hydrogen (secondary N) is 3. The lowest BCUT2D eigenvalue weighted by Gasteiger charge is -2.35. The normalized spacial score (nSPS) is 23.6. The average molecular weight is 351 g/mol. The first-order valence-corrected chi connectivity index (χ1v) is 8.32. The van der Waals surface area contributed by atoms with E-state index in [4.69, 9.17) is 4.74 Å². The Labute approximate surface area is 145 Å². The van der Waals surface area contributed by atoms with Gasteiger partial charge in [-0.25, -0.2) is 20.0 Å². The molecule has 136 valence electrons. The van der Waals surface area contributed by atoms with Crippen LogP contribution in [0.3, 0.4) is 0 Å². The molecule has 1 aromatic rings. The molecule has 0 radical (unpaired) electrons. The van der Waals surface area contributed by atoms with E-state index in [1.807, 2.05) is 0 Å². The van der Waals surface area contributed by atoms with Gasteiger partial charge >= 0.3 is 6.09 Å². The van der Waals surface area contributed by atoms with Crippen molar-refractivity contribution < 1.29 is 18.7 Å². The van der Waals surface area contributed by atoms with Crippen molar-refractivity contribution in [1.82, 2.24) is 26.2 Å². The highest BCUT2D eigenvalue weighted by atomic mass is 19.1. The number of amides is 2. The zero-order valence-electron chi connectivity index (χ0n) is 14.0. The van der Waals surface area contributed by atoms with Gasteiger partial charge in [0, 0.05) is 26.2 Å². The molecule has 2 amide bonds. The molecule has 8 nitrogen and oxygen atoms in total. The predicted octanol–water partition coefficient (Wildman–Crippen LogP) is 0.149. The number of benzene rings is 1. The van der Waals surface area contributed by atoms with Gasteiger partial charge in [0.25, 0.3) is 0 Å². The molecule has 0 aliphatic carbocycles. The number of hydrogen-bond donors (Lipinski definition) is 3. The number of carbonyl (C=O) groups is 2. The van der Waals surface area contributed by atoms with Crippen LogP contribution in [0.15, 0.2) is 24.3 Å². The minimum absolute atomic E-state index is 0.0738. The second kappa shape index (κ2) is 7.77. The Morgan fingerprint density at radius 3 is 2.40 bits per heavy atom. The highest BCUT2D eigenvalue weighted by Gasteiger charge is 2.37. The standard InChI is InChI=1S/C16H22FN5O3/c1-2-25-16(24)22-9-7-21(8-10-22)15(23)14-13(18-20-19-14)11-3-5-12(17)6-4-11/h3-6,13-14,18-20H,2,7-10H2,1H3. The first-order valence-electron chi connectivity index (χ1n) is 8.32. The van der Waals surface area contributed by atoms with Crippen molar-refractivity contribution in [2.45, 2.75) is 19.0 Å². The van der Waals surface area contributed by atoms with Gasteiger partial charge in [-0.3, -0.25) is 4.79 Å². The van der Waals surface area contributed by atoms with E-state index < -0.39 is 6.04 Å². The Balaban J connectivity index is 1.61. The summed E-state index contributed by atoms with van der Waals surface area (Å²) >= 11 is 0.